The van der Waals surface area contributed by atoms with E-state index in [1.807, 2.05) is 0 Å². The highest BCUT2D eigenvalue weighted by Gasteiger charge is 2.24. The molecule has 3 N–H and O–H groups in total. The molecule has 0 heterocycles. The number of nitrogens with one attached hydrogen (secondary N) is 1. The molecule has 0 aliphatic rings. The monoisotopic (exact) mass is 926 g/mol. The average molecular weight is 927 g/mol. The predicted octanol–water partition coefficient (Wildman–Crippen LogP) is 17.8. The fourth-order valence-electron chi connectivity index (χ4n) is 8.84. The van der Waals surface area contributed by atoms with Crippen molar-refractivity contribution in [2.24, 2.45) is 0 Å². The van der Waals surface area contributed by atoms with Crippen molar-refractivity contribution in [1.29, 1.82) is 0 Å². The maximum Gasteiger partial charge on any atom is 0.306 e. The number of carbonyl (C=O) groups is 2. The average Bonchev–Trinajstić information content (AvgIpc) is 3.31. The van der Waals surface area contributed by atoms with E-state index < -0.39 is 18.2 Å². The van der Waals surface area contributed by atoms with Crippen molar-refractivity contribution < 1.29 is 24.5 Å². The molecule has 6 nitrogen and oxygen atoms in total. The van der Waals surface area contributed by atoms with Crippen LogP contribution in [0, 0.1) is 0 Å². The molecule has 3 unspecified atom stereocenters. The Hall–Kier alpha value is -2.18. The van der Waals surface area contributed by atoms with Gasteiger partial charge in [-0.05, 0) is 57.8 Å². The SMILES string of the molecule is CC/C=C/C/C=C/C/C=C/C/C=C/CCCC(CC(=O)NC(CO)C(O)CCCCCCCCCCCCCCCC)OC(=O)CCCCCCCCCCCCCCCCCCCCC. The number of esters is 1. The Morgan fingerprint density at radius 1 is 0.455 bits per heavy atom. The fraction of sp³-hybridized carbons (Fsp3) is 0.833. The van der Waals surface area contributed by atoms with E-state index in [-0.39, 0.29) is 24.9 Å². The Morgan fingerprint density at radius 2 is 0.818 bits per heavy atom. The van der Waals surface area contributed by atoms with Gasteiger partial charge in [-0.2, -0.15) is 0 Å². The van der Waals surface area contributed by atoms with E-state index in [1.54, 1.807) is 0 Å². The van der Waals surface area contributed by atoms with Gasteiger partial charge in [0, 0.05) is 6.42 Å². The molecule has 3 atom stereocenters. The van der Waals surface area contributed by atoms with Crippen LogP contribution in [-0.2, 0) is 14.3 Å². The van der Waals surface area contributed by atoms with E-state index in [9.17, 15) is 19.8 Å². The lowest BCUT2D eigenvalue weighted by Crippen LogP contribution is -2.46. The van der Waals surface area contributed by atoms with Crippen LogP contribution in [0.25, 0.3) is 0 Å². The maximum absolute atomic E-state index is 13.2. The molecule has 0 aromatic carbocycles. The lowest BCUT2D eigenvalue weighted by molar-refractivity contribution is -0.151. The summed E-state index contributed by atoms with van der Waals surface area (Å²) in [6, 6.07) is -0.718. The molecule has 0 aliphatic carbocycles. The first-order valence-corrected chi connectivity index (χ1v) is 28.9. The first-order valence-electron chi connectivity index (χ1n) is 28.9. The first kappa shape index (κ1) is 63.8. The van der Waals surface area contributed by atoms with Crippen molar-refractivity contribution >= 4 is 11.9 Å². The van der Waals surface area contributed by atoms with Crippen LogP contribution in [0.3, 0.4) is 0 Å². The first-order chi connectivity index (χ1) is 32.5. The van der Waals surface area contributed by atoms with Crippen LogP contribution in [0.15, 0.2) is 48.6 Å². The van der Waals surface area contributed by atoms with Gasteiger partial charge in [-0.1, -0.05) is 275 Å². The van der Waals surface area contributed by atoms with Crippen molar-refractivity contribution in [2.45, 2.75) is 315 Å². The fourth-order valence-corrected chi connectivity index (χ4v) is 8.84. The zero-order chi connectivity index (χ0) is 48.1. The lowest BCUT2D eigenvalue weighted by Gasteiger charge is -2.24. The molecule has 1 amide bonds. The number of amides is 1. The van der Waals surface area contributed by atoms with E-state index in [0.717, 1.165) is 77.0 Å². The Balaban J connectivity index is 4.55. The van der Waals surface area contributed by atoms with Crippen molar-refractivity contribution in [3.8, 4) is 0 Å². The summed E-state index contributed by atoms with van der Waals surface area (Å²) in [5.41, 5.74) is 0. The van der Waals surface area contributed by atoms with Gasteiger partial charge >= 0.3 is 5.97 Å². The highest BCUT2D eigenvalue weighted by Crippen LogP contribution is 2.18. The largest absolute Gasteiger partial charge is 0.462 e. The second-order valence-electron chi connectivity index (χ2n) is 19.7. The number of hydrogen-bond acceptors (Lipinski definition) is 5. The minimum atomic E-state index is -0.801. The highest BCUT2D eigenvalue weighted by molar-refractivity contribution is 5.77. The Kier molecular flexibility index (Phi) is 52.0. The van der Waals surface area contributed by atoms with Crippen LogP contribution in [0.4, 0.5) is 0 Å². The van der Waals surface area contributed by atoms with E-state index >= 15 is 0 Å². The normalized spacial score (nSPS) is 13.5. The number of rotatable bonds is 52. The topological polar surface area (TPSA) is 95.9 Å². The number of allylic oxidation sites excluding steroid dienone is 8. The lowest BCUT2D eigenvalue weighted by atomic mass is 10.0. The molecule has 0 aromatic heterocycles. The van der Waals surface area contributed by atoms with Gasteiger partial charge in [-0.25, -0.2) is 0 Å². The summed E-state index contributed by atoms with van der Waals surface area (Å²) >= 11 is 0. The van der Waals surface area contributed by atoms with Gasteiger partial charge in [-0.15, -0.1) is 0 Å². The zero-order valence-electron chi connectivity index (χ0n) is 44.1. The van der Waals surface area contributed by atoms with Crippen LogP contribution in [-0.4, -0.2) is 46.9 Å². The third-order valence-corrected chi connectivity index (χ3v) is 13.2. The molecule has 0 saturated carbocycles. The Labute approximate surface area is 410 Å². The standard InChI is InChI=1S/C60H111NO5/c1-4-7-10-13-16-19-22-25-28-29-30-31-32-35-38-41-44-47-50-53-60(65)66-56(51-48-45-42-39-36-33-26-23-20-17-14-11-8-5-2)54-59(64)61-57(55-62)58(63)52-49-46-43-40-37-34-27-24-21-18-15-12-9-6-3/h8,11,17,20,26,33,39,42,56-58,62-63H,4-7,9-10,12-16,18-19,21-25,27-32,34-38,40-41,43-55H2,1-3H3,(H,61,64)/b11-8+,20-17+,33-26+,42-39+. The molecule has 0 rings (SSSR count). The summed E-state index contributed by atoms with van der Waals surface area (Å²) in [5, 5.41) is 23.8. The molecule has 0 aliphatic heterocycles. The summed E-state index contributed by atoms with van der Waals surface area (Å²) in [4.78, 5) is 26.2. The summed E-state index contributed by atoms with van der Waals surface area (Å²) in [7, 11) is 0. The molecule has 66 heavy (non-hydrogen) atoms. The van der Waals surface area contributed by atoms with Crippen molar-refractivity contribution in [3.63, 3.8) is 0 Å². The third kappa shape index (κ3) is 48.3. The minimum Gasteiger partial charge on any atom is -0.462 e. The van der Waals surface area contributed by atoms with Gasteiger partial charge in [0.2, 0.25) is 5.91 Å². The van der Waals surface area contributed by atoms with Gasteiger partial charge in [0.1, 0.15) is 6.10 Å². The quantitative estimate of drug-likeness (QED) is 0.0321. The molecule has 6 heteroatoms. The molecule has 0 radical (unpaired) electrons. The minimum absolute atomic E-state index is 0.0429. The van der Waals surface area contributed by atoms with E-state index in [2.05, 4.69) is 74.7 Å². The van der Waals surface area contributed by atoms with Gasteiger partial charge in [0.05, 0.1) is 25.2 Å². The smallest absolute Gasteiger partial charge is 0.306 e. The second-order valence-corrected chi connectivity index (χ2v) is 19.7. The molecular formula is C60H111NO5. The molecule has 0 saturated heterocycles. The summed E-state index contributed by atoms with van der Waals surface area (Å²) in [6.45, 7) is 6.39. The number of ether oxygens (including phenoxy) is 1. The van der Waals surface area contributed by atoms with E-state index in [0.29, 0.717) is 19.3 Å². The molecule has 0 spiro atoms. The van der Waals surface area contributed by atoms with Crippen molar-refractivity contribution in [2.75, 3.05) is 6.61 Å². The van der Waals surface area contributed by atoms with Crippen LogP contribution >= 0.6 is 0 Å². The van der Waals surface area contributed by atoms with Gasteiger partial charge in [0.25, 0.3) is 0 Å². The van der Waals surface area contributed by atoms with Gasteiger partial charge in [-0.3, -0.25) is 9.59 Å². The highest BCUT2D eigenvalue weighted by atomic mass is 16.5. The summed E-state index contributed by atoms with van der Waals surface area (Å²) in [5.74, 6) is -0.515. The summed E-state index contributed by atoms with van der Waals surface area (Å²) in [6.07, 6.45) is 66.2. The van der Waals surface area contributed by atoms with Crippen LogP contribution in [0.1, 0.15) is 297 Å². The molecule has 0 fully saturated rings. The summed E-state index contributed by atoms with van der Waals surface area (Å²) < 4.78 is 5.93. The maximum atomic E-state index is 13.2. The number of carbonyl (C=O) groups excluding carboxylic acids is 2. The van der Waals surface area contributed by atoms with Crippen LogP contribution in [0.2, 0.25) is 0 Å². The Bertz CT molecular complexity index is 1130. The number of hydrogen-bond donors (Lipinski definition) is 3. The van der Waals surface area contributed by atoms with E-state index in [1.165, 1.54) is 173 Å². The van der Waals surface area contributed by atoms with Crippen molar-refractivity contribution in [1.82, 2.24) is 5.32 Å². The molecule has 0 aromatic rings. The number of aliphatic hydroxyl groups excluding tert-OH is 2. The molecule has 386 valence electrons. The zero-order valence-corrected chi connectivity index (χ0v) is 44.1. The van der Waals surface area contributed by atoms with Gasteiger partial charge < -0.3 is 20.3 Å². The molecule has 0 bridgehead atoms. The molecular weight excluding hydrogens is 815 g/mol. The predicted molar refractivity (Wildman–Crippen MR) is 287 cm³/mol. The number of aliphatic hydroxyl groups is 2. The number of unbranched alkanes of at least 4 members (excludes halogenated alkanes) is 32. The second kappa shape index (κ2) is 53.8. The van der Waals surface area contributed by atoms with Crippen LogP contribution in [0.5, 0.6) is 0 Å². The third-order valence-electron chi connectivity index (χ3n) is 13.2. The Morgan fingerprint density at radius 3 is 1.21 bits per heavy atom. The van der Waals surface area contributed by atoms with Crippen molar-refractivity contribution in [3.05, 3.63) is 48.6 Å². The van der Waals surface area contributed by atoms with Gasteiger partial charge in [0.15, 0.2) is 0 Å². The van der Waals surface area contributed by atoms with Crippen LogP contribution < -0.4 is 5.32 Å². The van der Waals surface area contributed by atoms with E-state index in [4.69, 9.17) is 4.74 Å².